The number of thiophene rings is 1. The molecule has 3 unspecified atom stereocenters. The number of halogens is 2. The lowest BCUT2D eigenvalue weighted by molar-refractivity contribution is -0.124. The van der Waals surface area contributed by atoms with E-state index < -0.39 is 18.0 Å². The molecule has 1 aliphatic rings. The highest BCUT2D eigenvalue weighted by atomic mass is 32.1. The number of hydrogen-bond donors (Lipinski definition) is 0. The lowest BCUT2D eigenvalue weighted by Gasteiger charge is -2.27. The molecule has 2 aromatic rings. The minimum atomic E-state index is -2.81. The molecule has 1 aliphatic carbocycles. The first-order chi connectivity index (χ1) is 12.7. The molecule has 0 N–H and O–H groups in total. The van der Waals surface area contributed by atoms with Crippen molar-refractivity contribution < 1.29 is 18.4 Å². The fourth-order valence-corrected chi connectivity index (χ4v) is 5.13. The summed E-state index contributed by atoms with van der Waals surface area (Å²) in [6.45, 7) is 8.30. The number of hydrogen-bond acceptors (Lipinski definition) is 4. The van der Waals surface area contributed by atoms with Crippen molar-refractivity contribution in [2.24, 2.45) is 13.0 Å². The molecule has 0 aromatic carbocycles. The highest BCUT2D eigenvalue weighted by Gasteiger charge is 2.47. The Morgan fingerprint density at radius 2 is 2.04 bits per heavy atom. The number of carbonyl (C=O) groups is 1. The SMILES string of the molecule is CON(C(=O)c1cn(C)nc1C(F)F)C(C)C1CC1c1c(C)sc(C)c1C. The summed E-state index contributed by atoms with van der Waals surface area (Å²) in [4.78, 5) is 20.8. The van der Waals surface area contributed by atoms with Crippen LogP contribution in [0, 0.1) is 26.7 Å². The standard InChI is InChI=1S/C19H25F2N3O2S/c1-9-11(3)27-12(4)16(9)14-7-13(14)10(2)24(26-6)19(25)15-8-23(5)22-17(15)18(20)21/h8,10,13-14,18H,7H2,1-6H3. The molecule has 148 valence electrons. The van der Waals surface area contributed by atoms with Crippen molar-refractivity contribution in [3.63, 3.8) is 0 Å². The first-order valence-electron chi connectivity index (χ1n) is 8.93. The van der Waals surface area contributed by atoms with Gasteiger partial charge in [-0.05, 0) is 57.1 Å². The number of alkyl halides is 2. The van der Waals surface area contributed by atoms with E-state index in [1.165, 1.54) is 51.0 Å². The zero-order valence-electron chi connectivity index (χ0n) is 16.4. The van der Waals surface area contributed by atoms with Gasteiger partial charge in [0.2, 0.25) is 0 Å². The number of aryl methyl sites for hydroxylation is 3. The normalized spacial score (nSPS) is 20.2. The van der Waals surface area contributed by atoms with Gasteiger partial charge >= 0.3 is 0 Å². The van der Waals surface area contributed by atoms with Crippen LogP contribution in [0.5, 0.6) is 0 Å². The Morgan fingerprint density at radius 3 is 2.56 bits per heavy atom. The highest BCUT2D eigenvalue weighted by molar-refractivity contribution is 7.12. The molecule has 0 bridgehead atoms. The van der Waals surface area contributed by atoms with Crippen LogP contribution in [-0.4, -0.2) is 33.9 Å². The van der Waals surface area contributed by atoms with Crippen LogP contribution in [-0.2, 0) is 11.9 Å². The Kier molecular flexibility index (Phi) is 5.40. The zero-order chi connectivity index (χ0) is 20.0. The average molecular weight is 397 g/mol. The second-order valence-electron chi connectivity index (χ2n) is 7.22. The third-order valence-corrected chi connectivity index (χ3v) is 6.65. The van der Waals surface area contributed by atoms with Crippen molar-refractivity contribution in [1.82, 2.24) is 14.8 Å². The van der Waals surface area contributed by atoms with Crippen molar-refractivity contribution in [3.05, 3.63) is 38.3 Å². The number of carbonyl (C=O) groups excluding carboxylic acids is 1. The molecule has 3 rings (SSSR count). The van der Waals surface area contributed by atoms with Crippen molar-refractivity contribution in [2.45, 2.75) is 52.5 Å². The number of rotatable bonds is 6. The Bertz CT molecular complexity index is 862. The molecule has 8 heteroatoms. The van der Waals surface area contributed by atoms with Crippen LogP contribution >= 0.6 is 11.3 Å². The highest BCUT2D eigenvalue weighted by Crippen LogP contribution is 2.54. The van der Waals surface area contributed by atoms with Gasteiger partial charge in [-0.3, -0.25) is 14.3 Å². The van der Waals surface area contributed by atoms with Gasteiger partial charge in [0.15, 0.2) is 0 Å². The average Bonchev–Trinajstić information content (AvgIpc) is 3.20. The molecule has 1 saturated carbocycles. The van der Waals surface area contributed by atoms with Gasteiger partial charge in [-0.1, -0.05) is 0 Å². The van der Waals surface area contributed by atoms with E-state index in [-0.39, 0.29) is 17.5 Å². The van der Waals surface area contributed by atoms with Gasteiger partial charge in [-0.2, -0.15) is 5.10 Å². The molecular weight excluding hydrogens is 372 g/mol. The molecular formula is C19H25F2N3O2S. The van der Waals surface area contributed by atoms with Crippen LogP contribution in [0.4, 0.5) is 8.78 Å². The van der Waals surface area contributed by atoms with E-state index in [0.717, 1.165) is 6.42 Å². The summed E-state index contributed by atoms with van der Waals surface area (Å²) in [7, 11) is 2.92. The van der Waals surface area contributed by atoms with E-state index in [1.54, 1.807) is 11.3 Å². The van der Waals surface area contributed by atoms with Gasteiger partial charge in [0.05, 0.1) is 18.7 Å². The largest absolute Gasteiger partial charge is 0.282 e. The molecule has 5 nitrogen and oxygen atoms in total. The Balaban J connectivity index is 1.81. The molecule has 27 heavy (non-hydrogen) atoms. The van der Waals surface area contributed by atoms with Crippen LogP contribution < -0.4 is 0 Å². The quantitative estimate of drug-likeness (QED) is 0.673. The van der Waals surface area contributed by atoms with Crippen molar-refractivity contribution in [3.8, 4) is 0 Å². The Labute approximate surface area is 161 Å². The number of amides is 1. The van der Waals surface area contributed by atoms with Crippen LogP contribution in [0.25, 0.3) is 0 Å². The van der Waals surface area contributed by atoms with Gasteiger partial charge in [-0.15, -0.1) is 11.3 Å². The molecule has 3 atom stereocenters. The van der Waals surface area contributed by atoms with Crippen LogP contribution in [0.2, 0.25) is 0 Å². The minimum absolute atomic E-state index is 0.114. The summed E-state index contributed by atoms with van der Waals surface area (Å²) in [6, 6.07) is -0.225. The topological polar surface area (TPSA) is 47.4 Å². The Morgan fingerprint density at radius 1 is 1.37 bits per heavy atom. The fraction of sp³-hybridized carbons (Fsp3) is 0.579. The molecule has 2 heterocycles. The molecule has 0 spiro atoms. The molecule has 0 radical (unpaired) electrons. The first-order valence-corrected chi connectivity index (χ1v) is 9.74. The van der Waals surface area contributed by atoms with E-state index >= 15 is 0 Å². The van der Waals surface area contributed by atoms with E-state index in [0.29, 0.717) is 5.92 Å². The monoisotopic (exact) mass is 397 g/mol. The lowest BCUT2D eigenvalue weighted by atomic mass is 10.0. The van der Waals surface area contributed by atoms with E-state index in [9.17, 15) is 13.6 Å². The number of hydroxylamine groups is 2. The summed E-state index contributed by atoms with van der Waals surface area (Å²) >= 11 is 1.80. The lowest BCUT2D eigenvalue weighted by Crippen LogP contribution is -2.39. The second kappa shape index (κ2) is 7.31. The van der Waals surface area contributed by atoms with Crippen molar-refractivity contribution in [2.75, 3.05) is 7.11 Å². The molecule has 0 aliphatic heterocycles. The second-order valence-corrected chi connectivity index (χ2v) is 8.64. The predicted molar refractivity (Wildman–Crippen MR) is 100 cm³/mol. The first kappa shape index (κ1) is 19.9. The predicted octanol–water partition coefficient (Wildman–Crippen LogP) is 4.54. The summed E-state index contributed by atoms with van der Waals surface area (Å²) < 4.78 is 27.7. The number of aromatic nitrogens is 2. The maximum absolute atomic E-state index is 13.2. The zero-order valence-corrected chi connectivity index (χ0v) is 17.2. The van der Waals surface area contributed by atoms with Gasteiger partial charge in [0.1, 0.15) is 5.69 Å². The van der Waals surface area contributed by atoms with Gasteiger partial charge in [0.25, 0.3) is 12.3 Å². The van der Waals surface area contributed by atoms with Crippen molar-refractivity contribution >= 4 is 17.2 Å². The van der Waals surface area contributed by atoms with Crippen LogP contribution in [0.3, 0.4) is 0 Å². The fourth-order valence-electron chi connectivity index (χ4n) is 3.99. The molecule has 2 aromatic heterocycles. The van der Waals surface area contributed by atoms with Crippen molar-refractivity contribution in [1.29, 1.82) is 0 Å². The van der Waals surface area contributed by atoms with E-state index in [2.05, 4.69) is 25.9 Å². The summed E-state index contributed by atoms with van der Waals surface area (Å²) in [5.74, 6) is 0.0415. The summed E-state index contributed by atoms with van der Waals surface area (Å²) in [5.41, 5.74) is 2.06. The van der Waals surface area contributed by atoms with Gasteiger partial charge in [0, 0.05) is 23.0 Å². The van der Waals surface area contributed by atoms with Gasteiger partial charge in [-0.25, -0.2) is 13.8 Å². The third-order valence-electron chi connectivity index (χ3n) is 5.51. The summed E-state index contributed by atoms with van der Waals surface area (Å²) in [6.07, 6.45) is -0.531. The van der Waals surface area contributed by atoms with E-state index in [4.69, 9.17) is 4.84 Å². The number of nitrogens with zero attached hydrogens (tertiary/aromatic N) is 3. The molecule has 1 amide bonds. The van der Waals surface area contributed by atoms with E-state index in [1.807, 2.05) is 6.92 Å². The molecule has 0 saturated heterocycles. The summed E-state index contributed by atoms with van der Waals surface area (Å²) in [5, 5.41) is 4.94. The maximum atomic E-state index is 13.2. The van der Waals surface area contributed by atoms with Gasteiger partial charge < -0.3 is 0 Å². The third kappa shape index (κ3) is 3.52. The van der Waals surface area contributed by atoms with Crippen LogP contribution in [0.15, 0.2) is 6.20 Å². The Hall–Kier alpha value is -1.80. The molecule has 1 fully saturated rings. The maximum Gasteiger partial charge on any atom is 0.282 e. The van der Waals surface area contributed by atoms with Crippen LogP contribution in [0.1, 0.15) is 62.6 Å². The smallest absolute Gasteiger partial charge is 0.275 e. The minimum Gasteiger partial charge on any atom is -0.275 e.